The van der Waals surface area contributed by atoms with Crippen LogP contribution in [0.25, 0.3) is 0 Å². The average Bonchev–Trinajstić information content (AvgIpc) is 3.02. The maximum atomic E-state index is 2.77. The Morgan fingerprint density at radius 1 is 0.722 bits per heavy atom. The summed E-state index contributed by atoms with van der Waals surface area (Å²) in [6.07, 6.45) is 3.33. The van der Waals surface area contributed by atoms with E-state index in [0.29, 0.717) is 0 Å². The Balaban J connectivity index is 1.54. The van der Waals surface area contributed by atoms with Crippen LogP contribution in [0.2, 0.25) is 0 Å². The standard InChI is InChI=1S/C17H21N/c1-18-4-16-12-6-2-7(6)13-10(12)11-14(16)8-3-9(8)15(11)17(13,16)5-18/h6-15H,2-5H2,1H3. The molecule has 0 amide bonds. The van der Waals surface area contributed by atoms with E-state index in [9.17, 15) is 0 Å². The normalized spacial score (nSPS) is 89.8. The van der Waals surface area contributed by atoms with E-state index in [1.807, 2.05) is 0 Å². The molecule has 0 aromatic heterocycles. The van der Waals surface area contributed by atoms with Gasteiger partial charge in [0.05, 0.1) is 0 Å². The first-order valence-corrected chi connectivity index (χ1v) is 8.49. The molecule has 1 heteroatoms. The van der Waals surface area contributed by atoms with Crippen LogP contribution in [0.4, 0.5) is 0 Å². The molecule has 1 nitrogen and oxygen atoms in total. The highest BCUT2D eigenvalue weighted by atomic mass is 15.2. The minimum atomic E-state index is 0.891. The van der Waals surface area contributed by atoms with Crippen molar-refractivity contribution in [1.82, 2.24) is 4.90 Å². The van der Waals surface area contributed by atoms with Crippen LogP contribution in [-0.4, -0.2) is 25.0 Å². The molecule has 8 bridgehead atoms. The second-order valence-electron chi connectivity index (χ2n) is 9.64. The molecule has 9 aliphatic rings. The largest absolute Gasteiger partial charge is 0.305 e. The highest BCUT2D eigenvalue weighted by molar-refractivity contribution is 5.47. The van der Waals surface area contributed by atoms with Gasteiger partial charge < -0.3 is 4.90 Å². The molecule has 9 fully saturated rings. The molecule has 8 saturated carbocycles. The van der Waals surface area contributed by atoms with Crippen LogP contribution in [0.5, 0.6) is 0 Å². The zero-order chi connectivity index (χ0) is 11.2. The van der Waals surface area contributed by atoms with Crippen LogP contribution in [0, 0.1) is 70.0 Å². The quantitative estimate of drug-likeness (QED) is 0.624. The van der Waals surface area contributed by atoms with Crippen molar-refractivity contribution in [3.05, 3.63) is 0 Å². The molecule has 18 heavy (non-hydrogen) atoms. The number of hydrogen-bond acceptors (Lipinski definition) is 1. The van der Waals surface area contributed by atoms with Gasteiger partial charge in [-0.05, 0) is 89.9 Å². The third kappa shape index (κ3) is 0.432. The number of likely N-dealkylation sites (tertiary alicyclic amines) is 1. The van der Waals surface area contributed by atoms with Crippen molar-refractivity contribution in [2.24, 2.45) is 70.0 Å². The highest BCUT2D eigenvalue weighted by Crippen LogP contribution is 3.02. The van der Waals surface area contributed by atoms with Gasteiger partial charge in [0, 0.05) is 13.1 Å². The molecular formula is C17H21N. The molecule has 0 N–H and O–H groups in total. The maximum absolute atomic E-state index is 2.77. The average molecular weight is 239 g/mol. The van der Waals surface area contributed by atoms with Crippen molar-refractivity contribution in [1.29, 1.82) is 0 Å². The summed E-state index contributed by atoms with van der Waals surface area (Å²) in [5, 5.41) is 0. The summed E-state index contributed by atoms with van der Waals surface area (Å²) in [5.74, 6) is 12.5. The van der Waals surface area contributed by atoms with Crippen LogP contribution < -0.4 is 0 Å². The summed E-state index contributed by atoms with van der Waals surface area (Å²) >= 11 is 0. The van der Waals surface area contributed by atoms with E-state index < -0.39 is 0 Å². The Hall–Kier alpha value is -0.0400. The lowest BCUT2D eigenvalue weighted by Crippen LogP contribution is -2.51. The molecule has 0 radical (unpaired) electrons. The van der Waals surface area contributed by atoms with Gasteiger partial charge in [-0.1, -0.05) is 0 Å². The number of hydrogen-bond donors (Lipinski definition) is 0. The number of fused-ring (bicyclic) bond motifs is 2. The van der Waals surface area contributed by atoms with E-state index in [2.05, 4.69) is 11.9 Å². The van der Waals surface area contributed by atoms with Crippen molar-refractivity contribution in [2.75, 3.05) is 20.1 Å². The molecule has 94 valence electrons. The first-order chi connectivity index (χ1) is 8.81. The maximum Gasteiger partial charge on any atom is 0.00469 e. The molecule has 1 aliphatic heterocycles. The van der Waals surface area contributed by atoms with Gasteiger partial charge in [0.25, 0.3) is 0 Å². The van der Waals surface area contributed by atoms with Gasteiger partial charge in [0.1, 0.15) is 0 Å². The fourth-order valence-electron chi connectivity index (χ4n) is 10.9. The van der Waals surface area contributed by atoms with Gasteiger partial charge >= 0.3 is 0 Å². The molecule has 8 aliphatic carbocycles. The van der Waals surface area contributed by atoms with Gasteiger partial charge in [0.15, 0.2) is 0 Å². The van der Waals surface area contributed by atoms with Crippen LogP contribution in [0.3, 0.4) is 0 Å². The van der Waals surface area contributed by atoms with E-state index >= 15 is 0 Å². The van der Waals surface area contributed by atoms with E-state index in [4.69, 9.17) is 0 Å². The third-order valence-corrected chi connectivity index (χ3v) is 10.0. The first kappa shape index (κ1) is 8.29. The Kier molecular flexibility index (Phi) is 0.830. The van der Waals surface area contributed by atoms with Gasteiger partial charge in [-0.25, -0.2) is 0 Å². The zero-order valence-corrected chi connectivity index (χ0v) is 11.0. The van der Waals surface area contributed by atoms with Gasteiger partial charge in [-0.2, -0.15) is 0 Å². The Morgan fingerprint density at radius 2 is 1.11 bits per heavy atom. The summed E-state index contributed by atoms with van der Waals surface area (Å²) in [4.78, 5) is 2.77. The van der Waals surface area contributed by atoms with Crippen molar-refractivity contribution in [3.8, 4) is 0 Å². The molecule has 8 unspecified atom stereocenters. The lowest BCUT2D eigenvalue weighted by Gasteiger charge is -2.51. The minimum Gasteiger partial charge on any atom is -0.305 e. The van der Waals surface area contributed by atoms with E-state index in [1.54, 1.807) is 12.8 Å². The minimum absolute atomic E-state index is 0.891. The zero-order valence-electron chi connectivity index (χ0n) is 11.0. The Morgan fingerprint density at radius 3 is 1.50 bits per heavy atom. The summed E-state index contributed by atoms with van der Waals surface area (Å²) < 4.78 is 0. The van der Waals surface area contributed by atoms with E-state index in [1.165, 1.54) is 72.3 Å². The molecule has 9 rings (SSSR count). The van der Waals surface area contributed by atoms with Crippen LogP contribution in [0.15, 0.2) is 0 Å². The van der Waals surface area contributed by atoms with E-state index in [-0.39, 0.29) is 0 Å². The van der Waals surface area contributed by atoms with Gasteiger partial charge in [-0.15, -0.1) is 0 Å². The summed E-state index contributed by atoms with van der Waals surface area (Å²) in [6.45, 7) is 3.05. The molecule has 0 aromatic rings. The third-order valence-electron chi connectivity index (χ3n) is 10.0. The second kappa shape index (κ2) is 1.80. The van der Waals surface area contributed by atoms with E-state index in [0.717, 1.165) is 10.8 Å². The molecule has 0 aromatic carbocycles. The predicted molar refractivity (Wildman–Crippen MR) is 66.5 cm³/mol. The summed E-state index contributed by atoms with van der Waals surface area (Å²) in [7, 11) is 2.44. The molecule has 1 heterocycles. The molecular weight excluding hydrogens is 218 g/mol. The summed E-state index contributed by atoms with van der Waals surface area (Å²) in [5.41, 5.74) is 1.78. The molecule has 2 spiro atoms. The topological polar surface area (TPSA) is 3.24 Å². The smallest absolute Gasteiger partial charge is 0.00469 e. The predicted octanol–water partition coefficient (Wildman–Crippen LogP) is 1.94. The van der Waals surface area contributed by atoms with Crippen molar-refractivity contribution in [2.45, 2.75) is 12.8 Å². The Labute approximate surface area is 108 Å². The highest BCUT2D eigenvalue weighted by Gasteiger charge is 3.00. The van der Waals surface area contributed by atoms with Crippen molar-refractivity contribution >= 4 is 0 Å². The molecule has 1 saturated heterocycles. The first-order valence-electron chi connectivity index (χ1n) is 8.49. The lowest BCUT2D eigenvalue weighted by atomic mass is 9.52. The fraction of sp³-hybridized carbons (Fsp3) is 1.00. The van der Waals surface area contributed by atoms with Crippen LogP contribution in [0.1, 0.15) is 12.8 Å². The SMILES string of the molecule is CN1CC23C4C5CC5C5C4C4C2C2CC2C4C53C1. The number of nitrogens with zero attached hydrogens (tertiary/aromatic N) is 1. The van der Waals surface area contributed by atoms with Crippen molar-refractivity contribution < 1.29 is 0 Å². The van der Waals surface area contributed by atoms with Crippen molar-refractivity contribution in [3.63, 3.8) is 0 Å². The monoisotopic (exact) mass is 239 g/mol. The van der Waals surface area contributed by atoms with Gasteiger partial charge in [0.2, 0.25) is 0 Å². The van der Waals surface area contributed by atoms with Gasteiger partial charge in [-0.3, -0.25) is 0 Å². The lowest BCUT2D eigenvalue weighted by molar-refractivity contribution is -0.0384. The number of rotatable bonds is 0. The second-order valence-corrected chi connectivity index (χ2v) is 9.64. The Bertz CT molecular complexity index is 472. The van der Waals surface area contributed by atoms with Crippen LogP contribution in [-0.2, 0) is 0 Å². The molecule has 8 atom stereocenters. The fourth-order valence-corrected chi connectivity index (χ4v) is 10.9. The van der Waals surface area contributed by atoms with Crippen LogP contribution >= 0.6 is 0 Å². The summed E-state index contributed by atoms with van der Waals surface area (Å²) in [6, 6.07) is 0.